The predicted molar refractivity (Wildman–Crippen MR) is 191 cm³/mol. The first-order chi connectivity index (χ1) is 21.1. The minimum absolute atomic E-state index is 1.01. The lowest BCUT2D eigenvalue weighted by molar-refractivity contribution is 0.137. The van der Waals surface area contributed by atoms with Crippen LogP contribution in [0.5, 0.6) is 0 Å². The monoisotopic (exact) mass is 597 g/mol. The van der Waals surface area contributed by atoms with E-state index in [9.17, 15) is 0 Å². The highest BCUT2D eigenvalue weighted by molar-refractivity contribution is 4.97. The summed E-state index contributed by atoms with van der Waals surface area (Å²) >= 11 is 0. The Morgan fingerprint density at radius 2 is 1.14 bits per heavy atom. The molecule has 9 atom stereocenters. The van der Waals surface area contributed by atoms with E-state index in [0.717, 1.165) is 65.1 Å². The van der Waals surface area contributed by atoms with Gasteiger partial charge in [0.2, 0.25) is 0 Å². The quantitative estimate of drug-likeness (QED) is 0.235. The first-order valence-electron chi connectivity index (χ1n) is 21.1. The molecule has 0 heterocycles. The summed E-state index contributed by atoms with van der Waals surface area (Å²) in [6.07, 6.45) is 41.1. The van der Waals surface area contributed by atoms with Gasteiger partial charge in [-0.3, -0.25) is 0 Å². The van der Waals surface area contributed by atoms with E-state index in [1.165, 1.54) is 96.3 Å². The molecule has 0 nitrogen and oxygen atoms in total. The second-order valence-corrected chi connectivity index (χ2v) is 17.2. The third kappa shape index (κ3) is 10.5. The fraction of sp³-hybridized carbons (Fsp3) is 1.00. The molecule has 0 aromatic heterocycles. The van der Waals surface area contributed by atoms with Crippen molar-refractivity contribution >= 4 is 0 Å². The molecule has 0 bridgehead atoms. The van der Waals surface area contributed by atoms with E-state index in [-0.39, 0.29) is 0 Å². The zero-order valence-electron chi connectivity index (χ0n) is 30.4. The van der Waals surface area contributed by atoms with Crippen molar-refractivity contribution in [3.8, 4) is 0 Å². The van der Waals surface area contributed by atoms with Crippen molar-refractivity contribution in [2.75, 3.05) is 0 Å². The summed E-state index contributed by atoms with van der Waals surface area (Å²) in [6, 6.07) is 0. The average molecular weight is 597 g/mol. The zero-order valence-corrected chi connectivity index (χ0v) is 30.4. The van der Waals surface area contributed by atoms with E-state index in [4.69, 9.17) is 0 Å². The maximum atomic E-state index is 2.51. The summed E-state index contributed by atoms with van der Waals surface area (Å²) < 4.78 is 0. The maximum Gasteiger partial charge on any atom is -0.0349 e. The minimum Gasteiger partial charge on any atom is -0.0654 e. The predicted octanol–water partition coefficient (Wildman–Crippen LogP) is 14.5. The topological polar surface area (TPSA) is 0 Å². The third-order valence-corrected chi connectivity index (χ3v) is 14.7. The first kappa shape index (κ1) is 35.8. The van der Waals surface area contributed by atoms with Gasteiger partial charge in [0.1, 0.15) is 0 Å². The molecule has 6 aliphatic rings. The molecule has 0 radical (unpaired) electrons. The summed E-state index contributed by atoms with van der Waals surface area (Å²) in [4.78, 5) is 0. The molecule has 0 aromatic rings. The molecule has 6 fully saturated rings. The van der Waals surface area contributed by atoms with Crippen LogP contribution in [-0.4, -0.2) is 0 Å². The van der Waals surface area contributed by atoms with Crippen LogP contribution in [0.4, 0.5) is 0 Å². The van der Waals surface area contributed by atoms with Crippen LogP contribution in [-0.2, 0) is 0 Å². The van der Waals surface area contributed by atoms with Gasteiger partial charge in [-0.2, -0.15) is 0 Å². The molecule has 6 saturated carbocycles. The van der Waals surface area contributed by atoms with Gasteiger partial charge in [-0.15, -0.1) is 0 Å². The van der Waals surface area contributed by atoms with E-state index < -0.39 is 0 Å². The van der Waals surface area contributed by atoms with Gasteiger partial charge in [-0.25, -0.2) is 0 Å². The molecular formula is C43H80. The van der Waals surface area contributed by atoms with Crippen LogP contribution in [0.3, 0.4) is 0 Å². The largest absolute Gasteiger partial charge is 0.0654 e. The van der Waals surface area contributed by atoms with Crippen molar-refractivity contribution in [1.29, 1.82) is 0 Å². The van der Waals surface area contributed by atoms with Gasteiger partial charge >= 0.3 is 0 Å². The first-order valence-corrected chi connectivity index (χ1v) is 21.1. The van der Waals surface area contributed by atoms with Gasteiger partial charge in [0.05, 0.1) is 0 Å². The van der Waals surface area contributed by atoms with Crippen molar-refractivity contribution < 1.29 is 0 Å². The molecule has 0 aromatic carbocycles. The van der Waals surface area contributed by atoms with E-state index >= 15 is 0 Å². The Morgan fingerprint density at radius 3 is 1.72 bits per heavy atom. The van der Waals surface area contributed by atoms with Crippen LogP contribution in [0.1, 0.15) is 208 Å². The Morgan fingerprint density at radius 1 is 0.535 bits per heavy atom. The Hall–Kier alpha value is 0. The number of rotatable bonds is 10. The average Bonchev–Trinajstić information content (AvgIpc) is 3.87. The summed E-state index contributed by atoms with van der Waals surface area (Å²) in [5.74, 6) is 12.0. The SMILES string of the molecule is C1CCCC1.CCC(CC)C1CCCCC1CC.CCCC(CC1C2CCCCC2CC1C1CCCC1)C1CCC(C)C1. The lowest BCUT2D eigenvalue weighted by atomic mass is 9.69. The van der Waals surface area contributed by atoms with E-state index in [2.05, 4.69) is 34.6 Å². The highest BCUT2D eigenvalue weighted by Gasteiger charge is 2.48. The highest BCUT2D eigenvalue weighted by atomic mass is 14.5. The Balaban J connectivity index is 0.000000195. The molecule has 0 amide bonds. The molecule has 9 unspecified atom stereocenters. The Kier molecular flexibility index (Phi) is 16.3. The van der Waals surface area contributed by atoms with Crippen molar-refractivity contribution in [1.82, 2.24) is 0 Å². The standard InChI is InChI=1S/C25H44.C13H26.C5H10/c1-3-8-20(21-14-13-18(2)15-21)16-25-23-12-7-6-11-22(23)17-24(25)19-9-4-5-10-19;1-4-11(5-2)13-10-8-7-9-12(13)6-3;1-2-4-5-3-1/h18-25H,3-17H2,1-2H3;11-13H,4-10H2,1-3H3;1-5H2. The van der Waals surface area contributed by atoms with Crippen molar-refractivity contribution in [2.24, 2.45) is 65.1 Å². The highest BCUT2D eigenvalue weighted by Crippen LogP contribution is 2.57. The molecule has 0 saturated heterocycles. The van der Waals surface area contributed by atoms with Crippen LogP contribution in [0, 0.1) is 65.1 Å². The van der Waals surface area contributed by atoms with Crippen molar-refractivity contribution in [3.05, 3.63) is 0 Å². The number of hydrogen-bond acceptors (Lipinski definition) is 0. The van der Waals surface area contributed by atoms with Gasteiger partial charge in [-0.1, -0.05) is 169 Å². The fourth-order valence-corrected chi connectivity index (χ4v) is 12.3. The fourth-order valence-electron chi connectivity index (χ4n) is 12.3. The summed E-state index contributed by atoms with van der Waals surface area (Å²) in [5.41, 5.74) is 0. The Bertz CT molecular complexity index is 680. The van der Waals surface area contributed by atoms with E-state index in [0.29, 0.717) is 0 Å². The zero-order chi connectivity index (χ0) is 30.4. The lowest BCUT2D eigenvalue weighted by Gasteiger charge is -2.36. The summed E-state index contributed by atoms with van der Waals surface area (Å²) in [6.45, 7) is 12.1. The van der Waals surface area contributed by atoms with Gasteiger partial charge in [0.25, 0.3) is 0 Å². The molecule has 0 N–H and O–H groups in total. The molecule has 0 heteroatoms. The molecule has 43 heavy (non-hydrogen) atoms. The van der Waals surface area contributed by atoms with Crippen LogP contribution < -0.4 is 0 Å². The smallest absolute Gasteiger partial charge is 0.0349 e. The lowest BCUT2D eigenvalue weighted by Crippen LogP contribution is -2.27. The summed E-state index contributed by atoms with van der Waals surface area (Å²) in [7, 11) is 0. The van der Waals surface area contributed by atoms with Crippen LogP contribution >= 0.6 is 0 Å². The molecule has 6 aliphatic carbocycles. The maximum absolute atomic E-state index is 2.51. The molecule has 252 valence electrons. The van der Waals surface area contributed by atoms with Crippen LogP contribution in [0.2, 0.25) is 0 Å². The normalized spacial score (nSPS) is 37.0. The van der Waals surface area contributed by atoms with Gasteiger partial charge in [0.15, 0.2) is 0 Å². The van der Waals surface area contributed by atoms with Crippen LogP contribution in [0.25, 0.3) is 0 Å². The number of fused-ring (bicyclic) bond motifs is 1. The molecule has 0 aliphatic heterocycles. The Labute approximate surface area is 272 Å². The van der Waals surface area contributed by atoms with Crippen LogP contribution in [0.15, 0.2) is 0 Å². The van der Waals surface area contributed by atoms with Gasteiger partial charge in [-0.05, 0) is 104 Å². The van der Waals surface area contributed by atoms with Crippen molar-refractivity contribution in [2.45, 2.75) is 208 Å². The van der Waals surface area contributed by atoms with E-state index in [1.807, 2.05) is 0 Å². The van der Waals surface area contributed by atoms with Gasteiger partial charge < -0.3 is 0 Å². The molecule has 0 spiro atoms. The second kappa shape index (κ2) is 19.6. The minimum atomic E-state index is 1.01. The van der Waals surface area contributed by atoms with Crippen molar-refractivity contribution in [3.63, 3.8) is 0 Å². The molecular weight excluding hydrogens is 516 g/mol. The van der Waals surface area contributed by atoms with E-state index in [1.54, 1.807) is 77.0 Å². The number of hydrogen-bond donors (Lipinski definition) is 0. The van der Waals surface area contributed by atoms with Gasteiger partial charge in [0, 0.05) is 0 Å². The molecule has 6 rings (SSSR count). The summed E-state index contributed by atoms with van der Waals surface area (Å²) in [5, 5.41) is 0. The third-order valence-electron chi connectivity index (χ3n) is 14.7. The second-order valence-electron chi connectivity index (χ2n) is 17.2.